The second-order valence-corrected chi connectivity index (χ2v) is 5.95. The molecule has 0 aromatic carbocycles. The fraction of sp³-hybridized carbons (Fsp3) is 0.438. The maximum atomic E-state index is 12.6. The Labute approximate surface area is 141 Å². The van der Waals surface area contributed by atoms with Crippen molar-refractivity contribution in [3.8, 4) is 0 Å². The van der Waals surface area contributed by atoms with Crippen LogP contribution in [0.2, 0.25) is 0 Å². The highest BCUT2D eigenvalue weighted by atomic mass is 127. The number of halogens is 1. The molecule has 1 aromatic heterocycles. The van der Waals surface area contributed by atoms with Gasteiger partial charge >= 0.3 is 0 Å². The number of aryl methyl sites for hydroxylation is 1. The van der Waals surface area contributed by atoms with Crippen LogP contribution in [0.3, 0.4) is 0 Å². The molecule has 2 heterocycles. The first kappa shape index (κ1) is 16.1. The summed E-state index contributed by atoms with van der Waals surface area (Å²) >= 11 is 0. The molecule has 1 aromatic rings. The van der Waals surface area contributed by atoms with Gasteiger partial charge in [0.1, 0.15) is 12.7 Å². The van der Waals surface area contributed by atoms with E-state index in [2.05, 4.69) is 6.08 Å². The smallest absolute Gasteiger partial charge is 0.238 e. The Bertz CT molecular complexity index is 626. The van der Waals surface area contributed by atoms with Gasteiger partial charge < -0.3 is 24.0 Å². The molecule has 1 aliphatic heterocycles. The number of hydrogen-bond donors (Lipinski definition) is 0. The summed E-state index contributed by atoms with van der Waals surface area (Å²) in [6.07, 6.45) is 6.53. The Morgan fingerprint density at radius 2 is 2.00 bits per heavy atom. The number of aromatic nitrogens is 1. The molecular formula is C16H19IN2O2. The molecule has 0 saturated carbocycles. The number of carbonyl (C=O) groups excluding carboxylic acids is 2. The van der Waals surface area contributed by atoms with E-state index in [-0.39, 0.29) is 53.5 Å². The molecule has 1 saturated heterocycles. The lowest BCUT2D eigenvalue weighted by atomic mass is 9.76. The number of anilines is 1. The zero-order valence-corrected chi connectivity index (χ0v) is 14.6. The van der Waals surface area contributed by atoms with Gasteiger partial charge in [0, 0.05) is 6.07 Å². The maximum absolute atomic E-state index is 12.6. The fourth-order valence-corrected chi connectivity index (χ4v) is 3.48. The minimum absolute atomic E-state index is 0. The van der Waals surface area contributed by atoms with Crippen molar-refractivity contribution in [1.29, 1.82) is 0 Å². The van der Waals surface area contributed by atoms with Crippen LogP contribution in [0, 0.1) is 17.8 Å². The summed E-state index contributed by atoms with van der Waals surface area (Å²) in [6.45, 7) is 4.07. The van der Waals surface area contributed by atoms with Gasteiger partial charge in [-0.1, -0.05) is 18.6 Å². The monoisotopic (exact) mass is 398 g/mol. The number of fused-ring (bicyclic) bond motifs is 1. The normalized spacial score (nSPS) is 28.0. The van der Waals surface area contributed by atoms with Crippen molar-refractivity contribution in [3.63, 3.8) is 0 Å². The van der Waals surface area contributed by atoms with E-state index in [1.807, 2.05) is 50.0 Å². The predicted octanol–water partition coefficient (Wildman–Crippen LogP) is -1.39. The quantitative estimate of drug-likeness (QED) is 0.253. The summed E-state index contributed by atoms with van der Waals surface area (Å²) in [5, 5.41) is 0. The van der Waals surface area contributed by atoms with Crippen molar-refractivity contribution in [2.45, 2.75) is 20.3 Å². The second-order valence-electron chi connectivity index (χ2n) is 5.95. The highest BCUT2D eigenvalue weighted by Gasteiger charge is 2.51. The Hall–Kier alpha value is -1.24. The van der Waals surface area contributed by atoms with Gasteiger partial charge in [0.25, 0.3) is 0 Å². The van der Waals surface area contributed by atoms with Crippen molar-refractivity contribution in [2.75, 3.05) is 4.90 Å². The third-order valence-corrected chi connectivity index (χ3v) is 4.31. The summed E-state index contributed by atoms with van der Waals surface area (Å²) in [7, 11) is 1.88. The number of nitrogens with zero attached hydrogens (tertiary/aromatic N) is 2. The van der Waals surface area contributed by atoms with E-state index in [4.69, 9.17) is 0 Å². The van der Waals surface area contributed by atoms with Crippen LogP contribution >= 0.6 is 0 Å². The van der Waals surface area contributed by atoms with E-state index in [1.165, 1.54) is 10.5 Å². The van der Waals surface area contributed by atoms with Gasteiger partial charge in [-0.15, -0.1) is 0 Å². The largest absolute Gasteiger partial charge is 1.00 e. The number of carbonyl (C=O) groups is 2. The predicted molar refractivity (Wildman–Crippen MR) is 74.6 cm³/mol. The highest BCUT2D eigenvalue weighted by molar-refractivity contribution is 6.22. The van der Waals surface area contributed by atoms with E-state index in [0.29, 0.717) is 12.1 Å². The molecule has 112 valence electrons. The Balaban J connectivity index is 0.00000161. The van der Waals surface area contributed by atoms with Crippen molar-refractivity contribution in [2.24, 2.45) is 24.8 Å². The zero-order chi connectivity index (χ0) is 14.4. The summed E-state index contributed by atoms with van der Waals surface area (Å²) < 4.78 is 1.85. The first-order valence-electron chi connectivity index (χ1n) is 6.99. The number of allylic oxidation sites excluding steroid dienone is 2. The Morgan fingerprint density at radius 3 is 2.67 bits per heavy atom. The van der Waals surface area contributed by atoms with Crippen LogP contribution in [0.4, 0.5) is 5.69 Å². The van der Waals surface area contributed by atoms with Crippen LogP contribution in [0.15, 0.2) is 36.2 Å². The van der Waals surface area contributed by atoms with Crippen LogP contribution in [-0.2, 0) is 16.6 Å². The van der Waals surface area contributed by atoms with Crippen LogP contribution in [0.25, 0.3) is 0 Å². The number of rotatable bonds is 1. The van der Waals surface area contributed by atoms with Crippen LogP contribution < -0.4 is 33.4 Å². The minimum atomic E-state index is -0.197. The summed E-state index contributed by atoms with van der Waals surface area (Å²) in [6, 6.07) is 3.67. The van der Waals surface area contributed by atoms with E-state index in [9.17, 15) is 9.59 Å². The molecule has 5 heteroatoms. The number of amides is 2. The minimum Gasteiger partial charge on any atom is -1.00 e. The molecule has 0 N–H and O–H groups in total. The fourth-order valence-electron chi connectivity index (χ4n) is 3.48. The lowest BCUT2D eigenvalue weighted by molar-refractivity contribution is -0.670. The Morgan fingerprint density at radius 1 is 1.29 bits per heavy atom. The third kappa shape index (κ3) is 2.63. The molecule has 3 atom stereocenters. The van der Waals surface area contributed by atoms with Crippen molar-refractivity contribution >= 4 is 17.5 Å². The van der Waals surface area contributed by atoms with Gasteiger partial charge in [-0.25, -0.2) is 9.47 Å². The van der Waals surface area contributed by atoms with Gasteiger partial charge in [-0.05, 0) is 25.3 Å². The summed E-state index contributed by atoms with van der Waals surface area (Å²) in [5.41, 5.74) is 1.88. The van der Waals surface area contributed by atoms with Gasteiger partial charge in [0.15, 0.2) is 12.4 Å². The molecule has 2 aliphatic rings. The molecule has 3 rings (SSSR count). The van der Waals surface area contributed by atoms with Gasteiger partial charge in [-0.2, -0.15) is 0 Å². The molecular weight excluding hydrogens is 379 g/mol. The van der Waals surface area contributed by atoms with Crippen LogP contribution in [-0.4, -0.2) is 11.8 Å². The summed E-state index contributed by atoms with van der Waals surface area (Å²) in [5.74, 6) is -0.356. The zero-order valence-electron chi connectivity index (χ0n) is 12.4. The third-order valence-electron chi connectivity index (χ3n) is 4.31. The molecule has 1 unspecified atom stereocenters. The summed E-state index contributed by atoms with van der Waals surface area (Å²) in [4.78, 5) is 26.6. The van der Waals surface area contributed by atoms with E-state index < -0.39 is 0 Å². The number of imide groups is 1. The van der Waals surface area contributed by atoms with Crippen molar-refractivity contribution in [1.82, 2.24) is 0 Å². The molecule has 0 spiro atoms. The maximum Gasteiger partial charge on any atom is 0.238 e. The van der Waals surface area contributed by atoms with Crippen molar-refractivity contribution in [3.05, 3.63) is 36.2 Å². The molecule has 0 radical (unpaired) electrons. The molecule has 4 nitrogen and oxygen atoms in total. The average Bonchev–Trinajstić information content (AvgIpc) is 2.61. The van der Waals surface area contributed by atoms with Gasteiger partial charge in [0.05, 0.1) is 11.8 Å². The topological polar surface area (TPSA) is 41.3 Å². The first-order chi connectivity index (χ1) is 9.49. The van der Waals surface area contributed by atoms with Crippen LogP contribution in [0.1, 0.15) is 20.3 Å². The Kier molecular flexibility index (Phi) is 4.51. The SMILES string of the molecule is CC1=CC(C)[C@H]2C(=O)N(c3ccc[n+](C)c3)C(=O)[C@H]2C1.[I-]. The molecule has 0 bridgehead atoms. The van der Waals surface area contributed by atoms with Gasteiger partial charge in [-0.3, -0.25) is 9.59 Å². The lowest BCUT2D eigenvalue weighted by Crippen LogP contribution is -3.00. The van der Waals surface area contributed by atoms with E-state index in [0.717, 1.165) is 0 Å². The van der Waals surface area contributed by atoms with E-state index in [1.54, 1.807) is 0 Å². The number of hydrogen-bond acceptors (Lipinski definition) is 2. The van der Waals surface area contributed by atoms with Crippen molar-refractivity contribution < 1.29 is 38.1 Å². The average molecular weight is 398 g/mol. The van der Waals surface area contributed by atoms with Gasteiger partial charge in [0.2, 0.25) is 11.8 Å². The second kappa shape index (κ2) is 5.87. The van der Waals surface area contributed by atoms with E-state index >= 15 is 0 Å². The first-order valence-corrected chi connectivity index (χ1v) is 6.99. The molecule has 1 aliphatic carbocycles. The lowest BCUT2D eigenvalue weighted by Gasteiger charge is -2.25. The molecule has 2 amide bonds. The van der Waals surface area contributed by atoms with Crippen LogP contribution in [0.5, 0.6) is 0 Å². The highest BCUT2D eigenvalue weighted by Crippen LogP contribution is 2.42. The molecule has 1 fully saturated rings. The standard InChI is InChI=1S/C16H19N2O2.HI/c1-10-7-11(2)14-13(8-10)15(19)18(16(14)20)12-5-4-6-17(3)9-12;/h4-7,9,11,13-14H,8H2,1-3H3;1H/q+1;/p-1/t11?,13-,14+;/m0./s1. The molecule has 21 heavy (non-hydrogen) atoms. The number of pyridine rings is 1.